The number of benzene rings is 2. The molecule has 10 heteroatoms. The summed E-state index contributed by atoms with van der Waals surface area (Å²) in [6, 6.07) is 9.50. The van der Waals surface area contributed by atoms with Gasteiger partial charge in [-0.25, -0.2) is 4.99 Å². The predicted molar refractivity (Wildman–Crippen MR) is 144 cm³/mol. The number of aromatic hydroxyl groups is 1. The van der Waals surface area contributed by atoms with Crippen molar-refractivity contribution in [3.05, 3.63) is 52.7 Å². The van der Waals surface area contributed by atoms with Crippen molar-refractivity contribution in [1.29, 1.82) is 0 Å². The van der Waals surface area contributed by atoms with E-state index in [2.05, 4.69) is 19.9 Å². The Bertz CT molecular complexity index is 1590. The summed E-state index contributed by atoms with van der Waals surface area (Å²) >= 11 is 0. The number of phenols is 1. The fourth-order valence-electron chi connectivity index (χ4n) is 7.97. The number of nitrogens with two attached hydrogens (primary N) is 3. The Kier molecular flexibility index (Phi) is 4.22. The lowest BCUT2D eigenvalue weighted by molar-refractivity contribution is -0.173. The van der Waals surface area contributed by atoms with Crippen LogP contribution in [0.2, 0.25) is 0 Å². The average molecular weight is 514 g/mol. The fourth-order valence-corrected chi connectivity index (χ4v) is 7.97. The van der Waals surface area contributed by atoms with Gasteiger partial charge in [0.15, 0.2) is 23.6 Å². The van der Waals surface area contributed by atoms with Gasteiger partial charge in [0.05, 0.1) is 22.4 Å². The average Bonchev–Trinajstić information content (AvgIpc) is 3.51. The maximum absolute atomic E-state index is 12.9. The monoisotopic (exact) mass is 513 g/mol. The topological polar surface area (TPSA) is 171 Å². The first-order chi connectivity index (χ1) is 18.3. The van der Waals surface area contributed by atoms with E-state index in [0.717, 1.165) is 59.6 Å². The number of aliphatic hydroxyl groups is 1. The van der Waals surface area contributed by atoms with E-state index in [4.69, 9.17) is 21.9 Å². The third kappa shape index (κ3) is 2.74. The highest BCUT2D eigenvalue weighted by Crippen LogP contribution is 2.69. The van der Waals surface area contributed by atoms with Crippen molar-refractivity contribution in [1.82, 2.24) is 9.88 Å². The molecule has 2 fully saturated rings. The van der Waals surface area contributed by atoms with Crippen molar-refractivity contribution < 1.29 is 14.9 Å². The minimum Gasteiger partial charge on any atom is -0.504 e. The third-order valence-corrected chi connectivity index (χ3v) is 9.63. The van der Waals surface area contributed by atoms with Crippen molar-refractivity contribution in [3.8, 4) is 11.5 Å². The quantitative estimate of drug-likeness (QED) is 0.229. The van der Waals surface area contributed by atoms with Crippen LogP contribution in [0.25, 0.3) is 10.9 Å². The number of likely N-dealkylation sites (tertiary alicyclic amines) is 1. The highest BCUT2D eigenvalue weighted by Gasteiger charge is 2.72. The highest BCUT2D eigenvalue weighted by atomic mass is 16.5. The lowest BCUT2D eigenvalue weighted by Crippen LogP contribution is -2.74. The van der Waals surface area contributed by atoms with Crippen LogP contribution in [0.3, 0.4) is 0 Å². The Morgan fingerprint density at radius 1 is 1.18 bits per heavy atom. The standard InChI is InChI=1S/C28H31N7O3/c29-25(30)34-26(31)32-15-4-5-18-16(10-15)17-11-28(37)20-9-14-3-6-19(36)23-21(14)27(28,24(38-23)22(17)33-18)7-8-35(20)12-13-1-2-13/h3-6,10,13,20,24,33,36-37H,1-2,7-9,11-12H2,(H6,29,30,31,32,34)/t20-,24+,27+,28-/m1/s1. The smallest absolute Gasteiger partial charge is 0.223 e. The summed E-state index contributed by atoms with van der Waals surface area (Å²) in [7, 11) is 0. The van der Waals surface area contributed by atoms with Gasteiger partial charge >= 0.3 is 0 Å². The van der Waals surface area contributed by atoms with Crippen LogP contribution in [0, 0.1) is 5.92 Å². The molecule has 3 aliphatic carbocycles. The van der Waals surface area contributed by atoms with Crippen LogP contribution in [0.15, 0.2) is 40.3 Å². The van der Waals surface area contributed by atoms with E-state index < -0.39 is 17.1 Å². The molecule has 3 heterocycles. The van der Waals surface area contributed by atoms with Crippen molar-refractivity contribution in [2.45, 2.75) is 55.3 Å². The summed E-state index contributed by atoms with van der Waals surface area (Å²) in [5.41, 5.74) is 20.8. The Morgan fingerprint density at radius 3 is 2.82 bits per heavy atom. The summed E-state index contributed by atoms with van der Waals surface area (Å²) in [5, 5.41) is 24.8. The molecule has 3 aromatic rings. The number of nitrogens with zero attached hydrogens (tertiary/aromatic N) is 3. The number of rotatable bonds is 3. The van der Waals surface area contributed by atoms with E-state index in [1.54, 1.807) is 6.07 Å². The predicted octanol–water partition coefficient (Wildman–Crippen LogP) is 1.79. The van der Waals surface area contributed by atoms with Gasteiger partial charge in [-0.15, -0.1) is 0 Å². The second-order valence-electron chi connectivity index (χ2n) is 11.7. The molecule has 4 atom stereocenters. The van der Waals surface area contributed by atoms with Gasteiger partial charge in [-0.05, 0) is 73.5 Å². The molecule has 1 aromatic heterocycles. The molecule has 1 saturated heterocycles. The van der Waals surface area contributed by atoms with Gasteiger partial charge in [-0.1, -0.05) is 6.07 Å². The van der Waals surface area contributed by atoms with Crippen molar-refractivity contribution in [3.63, 3.8) is 0 Å². The molecule has 5 aliphatic rings. The number of aromatic amines is 1. The van der Waals surface area contributed by atoms with E-state index in [-0.39, 0.29) is 23.7 Å². The minimum atomic E-state index is -1.05. The molecule has 0 radical (unpaired) electrons. The number of aromatic nitrogens is 1. The van der Waals surface area contributed by atoms with Gasteiger partial charge in [0.25, 0.3) is 0 Å². The number of H-pyrrole nitrogens is 1. The lowest BCUT2D eigenvalue weighted by atomic mass is 9.49. The third-order valence-electron chi connectivity index (χ3n) is 9.63. The summed E-state index contributed by atoms with van der Waals surface area (Å²) in [6.07, 6.45) is 4.12. The SMILES string of the molecule is NC(N)=NC(N)=Nc1ccc2[nH]c3c(c2c1)C[C@@]1(O)[C@H]2Cc4ccc(O)c5c4[C@@]1(CCN2CC1CC1)[C@H]3O5. The van der Waals surface area contributed by atoms with Crippen LogP contribution in [0.5, 0.6) is 11.5 Å². The van der Waals surface area contributed by atoms with Crippen LogP contribution in [0.4, 0.5) is 5.69 Å². The maximum Gasteiger partial charge on any atom is 0.223 e. The normalized spacial score (nSPS) is 31.0. The molecule has 10 nitrogen and oxygen atoms in total. The van der Waals surface area contributed by atoms with Crippen LogP contribution < -0.4 is 21.9 Å². The highest BCUT2D eigenvalue weighted by molar-refractivity contribution is 5.95. The molecule has 0 unspecified atom stereocenters. The zero-order chi connectivity index (χ0) is 26.0. The Balaban J connectivity index is 1.33. The minimum absolute atomic E-state index is 0.0252. The molecule has 9 N–H and O–H groups in total. The summed E-state index contributed by atoms with van der Waals surface area (Å²) in [5.74, 6) is 1.21. The molecule has 2 aliphatic heterocycles. The van der Waals surface area contributed by atoms with Crippen molar-refractivity contribution in [2.24, 2.45) is 33.1 Å². The lowest BCUT2D eigenvalue weighted by Gasteiger charge is -2.62. The van der Waals surface area contributed by atoms with E-state index >= 15 is 0 Å². The van der Waals surface area contributed by atoms with E-state index in [9.17, 15) is 10.2 Å². The van der Waals surface area contributed by atoms with E-state index in [1.165, 1.54) is 18.4 Å². The van der Waals surface area contributed by atoms with Gasteiger partial charge < -0.3 is 37.1 Å². The number of phenolic OH excluding ortho intramolecular Hbond substituents is 1. The summed E-state index contributed by atoms with van der Waals surface area (Å²) in [4.78, 5) is 14.3. The first-order valence-corrected chi connectivity index (χ1v) is 13.4. The number of hydrogen-bond acceptors (Lipinski definition) is 5. The van der Waals surface area contributed by atoms with Gasteiger partial charge in [0.2, 0.25) is 5.96 Å². The van der Waals surface area contributed by atoms with E-state index in [1.807, 2.05) is 24.3 Å². The number of hydrogen-bond donors (Lipinski definition) is 6. The van der Waals surface area contributed by atoms with Crippen LogP contribution in [-0.4, -0.2) is 56.7 Å². The molecule has 1 saturated carbocycles. The number of guanidine groups is 2. The zero-order valence-electron chi connectivity index (χ0n) is 20.9. The van der Waals surface area contributed by atoms with Crippen LogP contribution in [0.1, 0.15) is 47.8 Å². The van der Waals surface area contributed by atoms with E-state index in [0.29, 0.717) is 17.9 Å². The van der Waals surface area contributed by atoms with Crippen LogP contribution >= 0.6 is 0 Å². The summed E-state index contributed by atoms with van der Waals surface area (Å²) < 4.78 is 6.64. The molecule has 2 aromatic carbocycles. The number of ether oxygens (including phenoxy) is 1. The van der Waals surface area contributed by atoms with Gasteiger partial charge in [-0.3, -0.25) is 4.90 Å². The molecule has 0 amide bonds. The first-order valence-electron chi connectivity index (χ1n) is 13.4. The number of fused-ring (bicyclic) bond motifs is 4. The van der Waals surface area contributed by atoms with Crippen molar-refractivity contribution >= 4 is 28.5 Å². The molecule has 1 spiro atoms. The van der Waals surface area contributed by atoms with Gasteiger partial charge in [-0.2, -0.15) is 4.99 Å². The first kappa shape index (κ1) is 22.2. The van der Waals surface area contributed by atoms with Crippen molar-refractivity contribution in [2.75, 3.05) is 13.1 Å². The molecule has 196 valence electrons. The molecule has 8 rings (SSSR count). The molecule has 2 bridgehead atoms. The Hall–Kier alpha value is -3.76. The Labute approximate surface area is 219 Å². The number of aliphatic imine (C=N–C) groups is 2. The number of nitrogens with one attached hydrogen (secondary N) is 1. The van der Waals surface area contributed by atoms with Gasteiger partial charge in [0.1, 0.15) is 0 Å². The summed E-state index contributed by atoms with van der Waals surface area (Å²) in [6.45, 7) is 1.94. The zero-order valence-corrected chi connectivity index (χ0v) is 20.9. The second kappa shape index (κ2) is 7.21. The maximum atomic E-state index is 12.9. The molecular formula is C28H31N7O3. The largest absolute Gasteiger partial charge is 0.504 e. The Morgan fingerprint density at radius 2 is 2.03 bits per heavy atom. The van der Waals surface area contributed by atoms with Crippen LogP contribution in [-0.2, 0) is 18.3 Å². The van der Waals surface area contributed by atoms with Gasteiger partial charge in [0, 0.05) is 35.5 Å². The fraction of sp³-hybridized carbons (Fsp3) is 0.429. The molecule has 38 heavy (non-hydrogen) atoms. The molecular weight excluding hydrogens is 482 g/mol. The number of piperidine rings is 1. The second-order valence-corrected chi connectivity index (χ2v) is 11.7.